The van der Waals surface area contributed by atoms with Crippen LogP contribution in [-0.4, -0.2) is 5.75 Å². The fourth-order valence-electron chi connectivity index (χ4n) is 2.23. The summed E-state index contributed by atoms with van der Waals surface area (Å²) in [4.78, 5) is 1.25. The summed E-state index contributed by atoms with van der Waals surface area (Å²) in [5.41, 5.74) is 1.85. The van der Waals surface area contributed by atoms with Gasteiger partial charge >= 0.3 is 0 Å². The molecule has 1 aliphatic heterocycles. The molecule has 1 aliphatic rings. The van der Waals surface area contributed by atoms with Gasteiger partial charge in [-0.3, -0.25) is 0 Å². The molecule has 4 heteroatoms. The van der Waals surface area contributed by atoms with Crippen LogP contribution in [0.3, 0.4) is 0 Å². The van der Waals surface area contributed by atoms with Crippen LogP contribution in [0.2, 0.25) is 0 Å². The number of benzene rings is 2. The number of nitrogens with zero attached hydrogens (tertiary/aromatic N) is 1. The van der Waals surface area contributed by atoms with Gasteiger partial charge in [0.1, 0.15) is 17.4 Å². The van der Waals surface area contributed by atoms with E-state index in [2.05, 4.69) is 17.4 Å². The number of hydrogen-bond acceptors (Lipinski definition) is 3. The van der Waals surface area contributed by atoms with Gasteiger partial charge < -0.3 is 5.32 Å². The van der Waals surface area contributed by atoms with E-state index < -0.39 is 5.82 Å². The minimum atomic E-state index is -0.480. The summed E-state index contributed by atoms with van der Waals surface area (Å²) in [6.07, 6.45) is 0. The van der Waals surface area contributed by atoms with E-state index in [1.165, 1.54) is 16.5 Å². The van der Waals surface area contributed by atoms with Crippen LogP contribution >= 0.6 is 11.8 Å². The molecule has 0 radical (unpaired) electrons. The van der Waals surface area contributed by atoms with Crippen molar-refractivity contribution >= 4 is 17.4 Å². The van der Waals surface area contributed by atoms with E-state index in [-0.39, 0.29) is 11.6 Å². The van der Waals surface area contributed by atoms with Crippen LogP contribution < -0.4 is 5.32 Å². The summed E-state index contributed by atoms with van der Waals surface area (Å²) in [7, 11) is 0. The molecule has 1 N–H and O–H groups in total. The highest BCUT2D eigenvalue weighted by atomic mass is 32.2. The van der Waals surface area contributed by atoms with Gasteiger partial charge in [0.2, 0.25) is 0 Å². The molecule has 0 bridgehead atoms. The average Bonchev–Trinajstić information content (AvgIpc) is 2.83. The van der Waals surface area contributed by atoms with E-state index in [1.807, 2.05) is 18.2 Å². The van der Waals surface area contributed by atoms with E-state index in [1.54, 1.807) is 23.9 Å². The molecule has 2 aromatic rings. The number of nitrogens with one attached hydrogen (secondary N) is 1. The van der Waals surface area contributed by atoms with Crippen LogP contribution in [0.25, 0.3) is 0 Å². The molecule has 0 saturated heterocycles. The van der Waals surface area contributed by atoms with Gasteiger partial charge in [0.25, 0.3) is 0 Å². The van der Waals surface area contributed by atoms with Crippen molar-refractivity contribution in [3.63, 3.8) is 0 Å². The maximum absolute atomic E-state index is 13.6. The third kappa shape index (κ3) is 2.18. The zero-order valence-electron chi connectivity index (χ0n) is 10.1. The lowest BCUT2D eigenvalue weighted by atomic mass is 10.1. The Hall–Kier alpha value is -1.99. The van der Waals surface area contributed by atoms with Crippen LogP contribution in [0.15, 0.2) is 47.4 Å². The molecule has 2 aromatic carbocycles. The SMILES string of the molecule is N#Cc1c(F)cccc1NC1CSc2ccccc21. The Morgan fingerprint density at radius 1 is 1.21 bits per heavy atom. The molecule has 0 fully saturated rings. The number of thioether (sulfide) groups is 1. The predicted molar refractivity (Wildman–Crippen MR) is 74.6 cm³/mol. The first-order chi connectivity index (χ1) is 9.29. The molecule has 0 saturated carbocycles. The van der Waals surface area contributed by atoms with Crippen molar-refractivity contribution in [3.8, 4) is 6.07 Å². The van der Waals surface area contributed by atoms with Crippen LogP contribution in [0.1, 0.15) is 17.2 Å². The Bertz CT molecular complexity index is 663. The lowest BCUT2D eigenvalue weighted by Crippen LogP contribution is -2.11. The molecular weight excluding hydrogens is 259 g/mol. The van der Waals surface area contributed by atoms with Crippen molar-refractivity contribution in [1.29, 1.82) is 5.26 Å². The summed E-state index contributed by atoms with van der Waals surface area (Å²) < 4.78 is 13.6. The topological polar surface area (TPSA) is 35.8 Å². The summed E-state index contributed by atoms with van der Waals surface area (Å²) in [6, 6.07) is 14.9. The van der Waals surface area contributed by atoms with Gasteiger partial charge in [0, 0.05) is 10.6 Å². The Kier molecular flexibility index (Phi) is 3.14. The number of nitriles is 1. The molecule has 0 amide bonds. The molecular formula is C15H11FN2S. The van der Waals surface area contributed by atoms with Gasteiger partial charge in [-0.05, 0) is 23.8 Å². The van der Waals surface area contributed by atoms with E-state index in [9.17, 15) is 4.39 Å². The third-order valence-corrected chi connectivity index (χ3v) is 4.34. The lowest BCUT2D eigenvalue weighted by Gasteiger charge is -2.16. The fourth-order valence-corrected chi connectivity index (χ4v) is 3.39. The Morgan fingerprint density at radius 3 is 2.89 bits per heavy atom. The van der Waals surface area contributed by atoms with Crippen LogP contribution in [0.4, 0.5) is 10.1 Å². The molecule has 1 unspecified atom stereocenters. The van der Waals surface area contributed by atoms with Gasteiger partial charge in [0.05, 0.1) is 11.7 Å². The predicted octanol–water partition coefficient (Wildman–Crippen LogP) is 3.96. The normalized spacial score (nSPS) is 16.7. The monoisotopic (exact) mass is 270 g/mol. The average molecular weight is 270 g/mol. The number of hydrogen-bond donors (Lipinski definition) is 1. The summed E-state index contributed by atoms with van der Waals surface area (Å²) >= 11 is 1.77. The minimum Gasteiger partial charge on any atom is -0.376 e. The molecule has 94 valence electrons. The first-order valence-corrected chi connectivity index (χ1v) is 6.95. The Balaban J connectivity index is 1.92. The second-order valence-corrected chi connectivity index (χ2v) is 5.38. The number of rotatable bonds is 2. The second kappa shape index (κ2) is 4.94. The van der Waals surface area contributed by atoms with Crippen molar-refractivity contribution in [2.75, 3.05) is 11.1 Å². The summed E-state index contributed by atoms with van der Waals surface area (Å²) in [6.45, 7) is 0. The highest BCUT2D eigenvalue weighted by molar-refractivity contribution is 7.99. The smallest absolute Gasteiger partial charge is 0.143 e. The van der Waals surface area contributed by atoms with Gasteiger partial charge in [-0.1, -0.05) is 24.3 Å². The van der Waals surface area contributed by atoms with Crippen molar-refractivity contribution < 1.29 is 4.39 Å². The number of halogens is 1. The largest absolute Gasteiger partial charge is 0.376 e. The van der Waals surface area contributed by atoms with Crippen LogP contribution in [0.5, 0.6) is 0 Å². The molecule has 1 heterocycles. The maximum Gasteiger partial charge on any atom is 0.143 e. The van der Waals surface area contributed by atoms with Crippen molar-refractivity contribution in [3.05, 3.63) is 59.4 Å². The van der Waals surface area contributed by atoms with Gasteiger partial charge in [0.15, 0.2) is 0 Å². The van der Waals surface area contributed by atoms with Crippen LogP contribution in [0, 0.1) is 17.1 Å². The molecule has 19 heavy (non-hydrogen) atoms. The number of fused-ring (bicyclic) bond motifs is 1. The molecule has 2 nitrogen and oxygen atoms in total. The molecule has 0 spiro atoms. The van der Waals surface area contributed by atoms with Crippen LogP contribution in [-0.2, 0) is 0 Å². The second-order valence-electron chi connectivity index (χ2n) is 4.32. The van der Waals surface area contributed by atoms with Gasteiger partial charge in [-0.25, -0.2) is 4.39 Å². The molecule has 1 atom stereocenters. The van der Waals surface area contributed by atoms with Gasteiger partial charge in [-0.15, -0.1) is 11.8 Å². The third-order valence-electron chi connectivity index (χ3n) is 3.16. The van der Waals surface area contributed by atoms with E-state index in [0.717, 1.165) is 5.75 Å². The fraction of sp³-hybridized carbons (Fsp3) is 0.133. The molecule has 0 aliphatic carbocycles. The van der Waals surface area contributed by atoms with E-state index in [4.69, 9.17) is 5.26 Å². The standard InChI is InChI=1S/C15H11FN2S/c16-12-5-3-6-13(11(12)8-17)18-14-9-19-15-7-2-1-4-10(14)15/h1-7,14,18H,9H2. The highest BCUT2D eigenvalue weighted by Crippen LogP contribution is 2.40. The van der Waals surface area contributed by atoms with Crippen molar-refractivity contribution in [2.24, 2.45) is 0 Å². The number of anilines is 1. The lowest BCUT2D eigenvalue weighted by molar-refractivity contribution is 0.624. The summed E-state index contributed by atoms with van der Waals surface area (Å²) in [5, 5.41) is 12.3. The molecule has 0 aromatic heterocycles. The zero-order chi connectivity index (χ0) is 13.2. The maximum atomic E-state index is 13.6. The van der Waals surface area contributed by atoms with Crippen molar-refractivity contribution in [2.45, 2.75) is 10.9 Å². The zero-order valence-corrected chi connectivity index (χ0v) is 10.9. The first kappa shape index (κ1) is 12.1. The Morgan fingerprint density at radius 2 is 2.05 bits per heavy atom. The minimum absolute atomic E-state index is 0.0804. The van der Waals surface area contributed by atoms with Crippen molar-refractivity contribution in [1.82, 2.24) is 0 Å². The summed E-state index contributed by atoms with van der Waals surface area (Å²) in [5.74, 6) is 0.409. The first-order valence-electron chi connectivity index (χ1n) is 5.96. The Labute approximate surface area is 115 Å². The van der Waals surface area contributed by atoms with Gasteiger partial charge in [-0.2, -0.15) is 5.26 Å². The van der Waals surface area contributed by atoms with E-state index >= 15 is 0 Å². The quantitative estimate of drug-likeness (QED) is 0.897. The van der Waals surface area contributed by atoms with E-state index in [0.29, 0.717) is 5.69 Å². The highest BCUT2D eigenvalue weighted by Gasteiger charge is 2.23. The molecule has 3 rings (SSSR count).